The van der Waals surface area contributed by atoms with Crippen LogP contribution in [0.1, 0.15) is 17.4 Å². The second kappa shape index (κ2) is 5.27. The number of aromatic hydroxyl groups is 1. The molecule has 0 bridgehead atoms. The third-order valence-corrected chi connectivity index (χ3v) is 3.02. The highest BCUT2D eigenvalue weighted by molar-refractivity contribution is 9.10. The van der Waals surface area contributed by atoms with E-state index in [0.717, 1.165) is 4.47 Å². The number of aryl methyl sites for hydroxylation is 1. The first-order valence-electron chi connectivity index (χ1n) is 5.57. The van der Waals surface area contributed by atoms with E-state index in [1.807, 2.05) is 17.7 Å². The monoisotopic (exact) mass is 308 g/mol. The fourth-order valence-electron chi connectivity index (χ4n) is 1.69. The van der Waals surface area contributed by atoms with Crippen LogP contribution in [0.4, 0.5) is 5.69 Å². The Bertz CT molecular complexity index is 578. The van der Waals surface area contributed by atoms with Gasteiger partial charge in [-0.3, -0.25) is 4.79 Å². The van der Waals surface area contributed by atoms with Gasteiger partial charge in [-0.15, -0.1) is 0 Å². The van der Waals surface area contributed by atoms with Crippen molar-refractivity contribution < 1.29 is 9.90 Å². The normalized spacial score (nSPS) is 10.3. The number of benzene rings is 1. The van der Waals surface area contributed by atoms with Crippen molar-refractivity contribution in [3.05, 3.63) is 46.7 Å². The number of aromatic nitrogens is 1. The molecule has 1 aromatic heterocycles. The van der Waals surface area contributed by atoms with Gasteiger partial charge in [0.1, 0.15) is 11.4 Å². The van der Waals surface area contributed by atoms with Crippen molar-refractivity contribution in [3.63, 3.8) is 0 Å². The molecular formula is C13H13BrN2O2. The van der Waals surface area contributed by atoms with Crippen LogP contribution in [0.25, 0.3) is 0 Å². The molecule has 1 heterocycles. The van der Waals surface area contributed by atoms with Crippen molar-refractivity contribution >= 4 is 27.5 Å². The van der Waals surface area contributed by atoms with Crippen molar-refractivity contribution in [1.82, 2.24) is 4.57 Å². The molecule has 0 saturated carbocycles. The lowest BCUT2D eigenvalue weighted by Gasteiger charge is -2.08. The molecule has 0 spiro atoms. The van der Waals surface area contributed by atoms with E-state index >= 15 is 0 Å². The number of para-hydroxylation sites is 2. The Morgan fingerprint density at radius 3 is 2.83 bits per heavy atom. The minimum atomic E-state index is -0.246. The molecule has 0 saturated heterocycles. The maximum atomic E-state index is 12.1. The number of hydrogen-bond donors (Lipinski definition) is 2. The number of nitrogens with one attached hydrogen (secondary N) is 1. The Balaban J connectivity index is 2.25. The Morgan fingerprint density at radius 1 is 1.44 bits per heavy atom. The molecule has 94 valence electrons. The molecule has 0 atom stereocenters. The number of hydrogen-bond acceptors (Lipinski definition) is 2. The van der Waals surface area contributed by atoms with Gasteiger partial charge in [-0.2, -0.15) is 0 Å². The van der Waals surface area contributed by atoms with Gasteiger partial charge in [0.2, 0.25) is 0 Å². The number of carbonyl (C=O) groups excluding carboxylic acids is 1. The van der Waals surface area contributed by atoms with Crippen molar-refractivity contribution in [2.75, 3.05) is 5.32 Å². The van der Waals surface area contributed by atoms with Crippen molar-refractivity contribution in [1.29, 1.82) is 0 Å². The molecule has 2 N–H and O–H groups in total. The number of anilines is 1. The summed E-state index contributed by atoms with van der Waals surface area (Å²) in [5.74, 6) is -0.191. The van der Waals surface area contributed by atoms with Crippen LogP contribution in [0.3, 0.4) is 0 Å². The highest BCUT2D eigenvalue weighted by Gasteiger charge is 2.13. The lowest BCUT2D eigenvalue weighted by Crippen LogP contribution is -2.16. The quantitative estimate of drug-likeness (QED) is 0.855. The SMILES string of the molecule is CCn1cc(Br)cc1C(=O)Nc1ccccc1O. The summed E-state index contributed by atoms with van der Waals surface area (Å²) >= 11 is 3.34. The van der Waals surface area contributed by atoms with Gasteiger partial charge >= 0.3 is 0 Å². The number of amides is 1. The number of nitrogens with zero attached hydrogens (tertiary/aromatic N) is 1. The third kappa shape index (κ3) is 2.56. The van der Waals surface area contributed by atoms with Gasteiger partial charge in [-0.1, -0.05) is 12.1 Å². The van der Waals surface area contributed by atoms with E-state index in [1.165, 1.54) is 6.07 Å². The molecule has 1 aromatic carbocycles. The molecule has 0 unspecified atom stereocenters. The average Bonchev–Trinajstić information content (AvgIpc) is 2.73. The van der Waals surface area contributed by atoms with Gasteiger partial charge in [-0.25, -0.2) is 0 Å². The highest BCUT2D eigenvalue weighted by atomic mass is 79.9. The molecule has 0 aliphatic heterocycles. The highest BCUT2D eigenvalue weighted by Crippen LogP contribution is 2.23. The zero-order valence-corrected chi connectivity index (χ0v) is 11.4. The predicted molar refractivity (Wildman–Crippen MR) is 73.9 cm³/mol. The van der Waals surface area contributed by atoms with E-state index in [2.05, 4.69) is 21.2 Å². The summed E-state index contributed by atoms with van der Waals surface area (Å²) in [6.07, 6.45) is 1.85. The summed E-state index contributed by atoms with van der Waals surface area (Å²) in [7, 11) is 0. The lowest BCUT2D eigenvalue weighted by atomic mass is 10.3. The Morgan fingerprint density at radius 2 is 2.17 bits per heavy atom. The largest absolute Gasteiger partial charge is 0.506 e. The van der Waals surface area contributed by atoms with Gasteiger partial charge in [0, 0.05) is 17.2 Å². The van der Waals surface area contributed by atoms with E-state index in [4.69, 9.17) is 0 Å². The minimum absolute atomic E-state index is 0.0551. The van der Waals surface area contributed by atoms with E-state index in [9.17, 15) is 9.90 Å². The van der Waals surface area contributed by atoms with E-state index in [1.54, 1.807) is 24.3 Å². The first-order chi connectivity index (χ1) is 8.61. The van der Waals surface area contributed by atoms with Crippen LogP contribution in [-0.4, -0.2) is 15.6 Å². The van der Waals surface area contributed by atoms with E-state index < -0.39 is 0 Å². The minimum Gasteiger partial charge on any atom is -0.506 e. The number of carbonyl (C=O) groups is 1. The molecular weight excluding hydrogens is 296 g/mol. The van der Waals surface area contributed by atoms with Gasteiger partial charge in [0.15, 0.2) is 0 Å². The molecule has 5 heteroatoms. The summed E-state index contributed by atoms with van der Waals surface area (Å²) in [6, 6.07) is 8.39. The van der Waals surface area contributed by atoms with Gasteiger partial charge < -0.3 is 15.0 Å². The topological polar surface area (TPSA) is 54.3 Å². The molecule has 0 radical (unpaired) electrons. The summed E-state index contributed by atoms with van der Waals surface area (Å²) in [4.78, 5) is 12.1. The third-order valence-electron chi connectivity index (χ3n) is 2.59. The van der Waals surface area contributed by atoms with Crippen LogP contribution in [-0.2, 0) is 6.54 Å². The summed E-state index contributed by atoms with van der Waals surface area (Å²) in [5.41, 5.74) is 0.954. The van der Waals surface area contributed by atoms with Gasteiger partial charge in [-0.05, 0) is 41.1 Å². The number of halogens is 1. The molecule has 2 rings (SSSR count). The Labute approximate surface area is 113 Å². The lowest BCUT2D eigenvalue weighted by molar-refractivity contribution is 0.101. The first-order valence-corrected chi connectivity index (χ1v) is 6.36. The zero-order chi connectivity index (χ0) is 13.1. The average molecular weight is 309 g/mol. The number of phenols is 1. The Kier molecular flexibility index (Phi) is 3.72. The first kappa shape index (κ1) is 12.7. The van der Waals surface area contributed by atoms with E-state index in [0.29, 0.717) is 17.9 Å². The van der Waals surface area contributed by atoms with Gasteiger partial charge in [0.05, 0.1) is 5.69 Å². The second-order valence-corrected chi connectivity index (χ2v) is 4.72. The molecule has 18 heavy (non-hydrogen) atoms. The molecule has 0 aliphatic carbocycles. The maximum absolute atomic E-state index is 12.1. The molecule has 1 amide bonds. The fourth-order valence-corrected chi connectivity index (χ4v) is 2.16. The van der Waals surface area contributed by atoms with Crippen LogP contribution < -0.4 is 5.32 Å². The maximum Gasteiger partial charge on any atom is 0.272 e. The standard InChI is InChI=1S/C13H13BrN2O2/c1-2-16-8-9(14)7-11(16)13(18)15-10-5-3-4-6-12(10)17/h3-8,17H,2H2,1H3,(H,15,18). The Hall–Kier alpha value is -1.75. The fraction of sp³-hybridized carbons (Fsp3) is 0.154. The molecule has 4 nitrogen and oxygen atoms in total. The van der Waals surface area contributed by atoms with Crippen molar-refractivity contribution in [2.45, 2.75) is 13.5 Å². The zero-order valence-electron chi connectivity index (χ0n) is 9.85. The summed E-state index contributed by atoms with van der Waals surface area (Å²) in [5, 5.41) is 12.3. The van der Waals surface area contributed by atoms with E-state index in [-0.39, 0.29) is 11.7 Å². The van der Waals surface area contributed by atoms with Crippen molar-refractivity contribution in [2.24, 2.45) is 0 Å². The smallest absolute Gasteiger partial charge is 0.272 e. The van der Waals surface area contributed by atoms with Crippen LogP contribution in [0, 0.1) is 0 Å². The molecule has 0 aliphatic rings. The second-order valence-electron chi connectivity index (χ2n) is 3.80. The predicted octanol–water partition coefficient (Wildman–Crippen LogP) is 3.23. The van der Waals surface area contributed by atoms with Gasteiger partial charge in [0.25, 0.3) is 5.91 Å². The number of phenolic OH excluding ortho intramolecular Hbond substituents is 1. The van der Waals surface area contributed by atoms with Crippen molar-refractivity contribution in [3.8, 4) is 5.75 Å². The number of rotatable bonds is 3. The molecule has 0 fully saturated rings. The summed E-state index contributed by atoms with van der Waals surface area (Å²) < 4.78 is 2.69. The van der Waals surface area contributed by atoms with Crippen LogP contribution in [0.15, 0.2) is 41.0 Å². The summed E-state index contributed by atoms with van der Waals surface area (Å²) in [6.45, 7) is 2.67. The van der Waals surface area contributed by atoms with Crippen LogP contribution in [0.2, 0.25) is 0 Å². The molecule has 2 aromatic rings. The van der Waals surface area contributed by atoms with Crippen LogP contribution in [0.5, 0.6) is 5.75 Å². The van der Waals surface area contributed by atoms with Crippen LogP contribution >= 0.6 is 15.9 Å².